The Labute approximate surface area is 126 Å². The number of thiazole rings is 1. The van der Waals surface area contributed by atoms with Crippen molar-refractivity contribution >= 4 is 38.5 Å². The van der Waals surface area contributed by atoms with Crippen molar-refractivity contribution in [1.29, 1.82) is 0 Å². The number of hydrogen-bond acceptors (Lipinski definition) is 5. The number of carbonyl (C=O) groups excluding carboxylic acids is 2. The molecular formula is C14H18N4O2S. The Morgan fingerprint density at radius 1 is 1.38 bits per heavy atom. The van der Waals surface area contributed by atoms with Gasteiger partial charge in [0.25, 0.3) is 5.91 Å². The van der Waals surface area contributed by atoms with Crippen molar-refractivity contribution in [3.8, 4) is 0 Å². The normalized spacial score (nSPS) is 11.4. The van der Waals surface area contributed by atoms with Crippen molar-refractivity contribution in [3.63, 3.8) is 0 Å². The highest BCUT2D eigenvalue weighted by Gasteiger charge is 2.27. The Kier molecular flexibility index (Phi) is 4.13. The topological polar surface area (TPSA) is 97.1 Å². The van der Waals surface area contributed by atoms with Crippen LogP contribution < -0.4 is 16.4 Å². The summed E-state index contributed by atoms with van der Waals surface area (Å²) < 4.78 is 0.866. The number of aromatic nitrogens is 1. The molecule has 2 rings (SSSR count). The van der Waals surface area contributed by atoms with Crippen molar-refractivity contribution < 1.29 is 9.59 Å². The van der Waals surface area contributed by atoms with E-state index in [1.165, 1.54) is 11.3 Å². The van der Waals surface area contributed by atoms with Gasteiger partial charge in [0, 0.05) is 19.2 Å². The van der Waals surface area contributed by atoms with E-state index >= 15 is 0 Å². The number of fused-ring (bicyclic) bond motifs is 1. The molecule has 112 valence electrons. The highest BCUT2D eigenvalue weighted by molar-refractivity contribution is 7.22. The molecule has 1 aromatic carbocycles. The van der Waals surface area contributed by atoms with E-state index in [-0.39, 0.29) is 18.4 Å². The third-order valence-corrected chi connectivity index (χ3v) is 4.05. The number of hydrogen-bond donors (Lipinski definition) is 3. The number of nitrogens with one attached hydrogen (secondary N) is 2. The molecule has 0 aliphatic rings. The second-order valence-electron chi connectivity index (χ2n) is 5.38. The van der Waals surface area contributed by atoms with Crippen LogP contribution >= 0.6 is 11.3 Å². The second-order valence-corrected chi connectivity index (χ2v) is 6.44. The van der Waals surface area contributed by atoms with Gasteiger partial charge in [-0.25, -0.2) is 4.98 Å². The largest absolute Gasteiger partial charge is 0.375 e. The van der Waals surface area contributed by atoms with Gasteiger partial charge in [0.05, 0.1) is 15.6 Å². The summed E-state index contributed by atoms with van der Waals surface area (Å²) in [6.45, 7) is 3.81. The van der Waals surface area contributed by atoms with Gasteiger partial charge in [0.15, 0.2) is 5.13 Å². The van der Waals surface area contributed by atoms with E-state index in [2.05, 4.69) is 15.6 Å². The average molecular weight is 306 g/mol. The molecule has 0 spiro atoms. The summed E-state index contributed by atoms with van der Waals surface area (Å²) >= 11 is 1.34. The lowest BCUT2D eigenvalue weighted by atomic mass is 9.92. The van der Waals surface area contributed by atoms with Crippen LogP contribution in [0.5, 0.6) is 0 Å². The summed E-state index contributed by atoms with van der Waals surface area (Å²) in [4.78, 5) is 28.0. The van der Waals surface area contributed by atoms with Crippen LogP contribution in [0, 0.1) is 5.41 Å². The minimum Gasteiger partial charge on any atom is -0.375 e. The molecular weight excluding hydrogens is 288 g/mol. The molecule has 1 heterocycles. The third-order valence-electron chi connectivity index (χ3n) is 3.20. The van der Waals surface area contributed by atoms with Gasteiger partial charge >= 0.3 is 0 Å². The summed E-state index contributed by atoms with van der Waals surface area (Å²) in [5.41, 5.74) is 6.28. The molecule has 6 nitrogen and oxygen atoms in total. The van der Waals surface area contributed by atoms with Gasteiger partial charge in [0.1, 0.15) is 0 Å². The van der Waals surface area contributed by atoms with Gasteiger partial charge in [-0.3, -0.25) is 9.59 Å². The second kappa shape index (κ2) is 5.69. The van der Waals surface area contributed by atoms with Gasteiger partial charge in [-0.15, -0.1) is 0 Å². The van der Waals surface area contributed by atoms with Gasteiger partial charge in [-0.1, -0.05) is 11.3 Å². The molecule has 1 aromatic heterocycles. The summed E-state index contributed by atoms with van der Waals surface area (Å²) in [5.74, 6) is -0.339. The average Bonchev–Trinajstić information content (AvgIpc) is 2.82. The van der Waals surface area contributed by atoms with Crippen molar-refractivity contribution in [1.82, 2.24) is 15.6 Å². The lowest BCUT2D eigenvalue weighted by molar-refractivity contribution is -0.128. The van der Waals surface area contributed by atoms with Crippen molar-refractivity contribution in [3.05, 3.63) is 23.8 Å². The Morgan fingerprint density at radius 3 is 2.76 bits per heavy atom. The van der Waals surface area contributed by atoms with Gasteiger partial charge in [-0.05, 0) is 32.0 Å². The lowest BCUT2D eigenvalue weighted by Crippen LogP contribution is -2.43. The molecule has 0 saturated carbocycles. The first-order valence-corrected chi connectivity index (χ1v) is 7.31. The van der Waals surface area contributed by atoms with Gasteiger partial charge < -0.3 is 16.4 Å². The standard InChI is InChI=1S/C14H18N4O2S/c1-14(2,12(20)16-3)7-17-11(19)8-4-5-9-10(6-8)21-13(15)18-9/h4-6H,7H2,1-3H3,(H2,15,18)(H,16,20)(H,17,19). The van der Waals surface area contributed by atoms with E-state index in [9.17, 15) is 9.59 Å². The number of nitrogens with two attached hydrogens (primary N) is 1. The zero-order chi connectivity index (χ0) is 15.6. The van der Waals surface area contributed by atoms with Crippen LogP contribution in [0.25, 0.3) is 10.2 Å². The molecule has 0 atom stereocenters. The summed E-state index contributed by atoms with van der Waals surface area (Å²) in [6.07, 6.45) is 0. The quantitative estimate of drug-likeness (QED) is 0.795. The van der Waals surface area contributed by atoms with E-state index in [1.807, 2.05) is 0 Å². The van der Waals surface area contributed by atoms with E-state index in [4.69, 9.17) is 5.73 Å². The fourth-order valence-corrected chi connectivity index (χ4v) is 2.68. The Morgan fingerprint density at radius 2 is 2.10 bits per heavy atom. The first kappa shape index (κ1) is 15.2. The van der Waals surface area contributed by atoms with Crippen LogP contribution in [-0.4, -0.2) is 30.4 Å². The molecule has 0 bridgehead atoms. The Hall–Kier alpha value is -2.15. The Bertz CT molecular complexity index is 693. The fourth-order valence-electron chi connectivity index (χ4n) is 1.91. The molecule has 0 aliphatic heterocycles. The van der Waals surface area contributed by atoms with Crippen LogP contribution in [0.1, 0.15) is 24.2 Å². The molecule has 0 radical (unpaired) electrons. The lowest BCUT2D eigenvalue weighted by Gasteiger charge is -2.22. The number of nitrogens with zero attached hydrogens (tertiary/aromatic N) is 1. The summed E-state index contributed by atoms with van der Waals surface area (Å²) in [5, 5.41) is 5.84. The predicted octanol–water partition coefficient (Wildman–Crippen LogP) is 1.38. The molecule has 4 N–H and O–H groups in total. The molecule has 0 saturated heterocycles. The minimum atomic E-state index is -0.663. The molecule has 2 aromatic rings. The number of nitrogen functional groups attached to an aromatic ring is 1. The van der Waals surface area contributed by atoms with E-state index in [1.54, 1.807) is 39.1 Å². The van der Waals surface area contributed by atoms with Crippen LogP contribution in [0.3, 0.4) is 0 Å². The van der Waals surface area contributed by atoms with Gasteiger partial charge in [0.2, 0.25) is 5.91 Å². The summed E-state index contributed by atoms with van der Waals surface area (Å²) in [7, 11) is 1.58. The van der Waals surface area contributed by atoms with E-state index in [0.29, 0.717) is 10.7 Å². The fraction of sp³-hybridized carbons (Fsp3) is 0.357. The van der Waals surface area contributed by atoms with E-state index < -0.39 is 5.41 Å². The number of rotatable bonds is 4. The zero-order valence-corrected chi connectivity index (χ0v) is 13.0. The van der Waals surface area contributed by atoms with Crippen molar-refractivity contribution in [2.45, 2.75) is 13.8 Å². The van der Waals surface area contributed by atoms with Crippen LogP contribution in [0.15, 0.2) is 18.2 Å². The molecule has 0 aliphatic carbocycles. The van der Waals surface area contributed by atoms with Gasteiger partial charge in [-0.2, -0.15) is 0 Å². The number of carbonyl (C=O) groups is 2. The monoisotopic (exact) mass is 306 g/mol. The minimum absolute atomic E-state index is 0.117. The van der Waals surface area contributed by atoms with Crippen LogP contribution in [-0.2, 0) is 4.79 Å². The molecule has 2 amide bonds. The van der Waals surface area contributed by atoms with E-state index in [0.717, 1.165) is 10.2 Å². The number of amides is 2. The van der Waals surface area contributed by atoms with Crippen molar-refractivity contribution in [2.75, 3.05) is 19.3 Å². The third kappa shape index (κ3) is 3.30. The summed E-state index contributed by atoms with van der Waals surface area (Å²) in [6, 6.07) is 5.22. The predicted molar refractivity (Wildman–Crippen MR) is 84.2 cm³/mol. The maximum atomic E-state index is 12.2. The van der Waals surface area contributed by atoms with Crippen LogP contribution in [0.2, 0.25) is 0 Å². The van der Waals surface area contributed by atoms with Crippen LogP contribution in [0.4, 0.5) is 5.13 Å². The maximum Gasteiger partial charge on any atom is 0.251 e. The SMILES string of the molecule is CNC(=O)C(C)(C)CNC(=O)c1ccc2nc(N)sc2c1. The zero-order valence-electron chi connectivity index (χ0n) is 12.2. The maximum absolute atomic E-state index is 12.2. The number of benzene rings is 1. The highest BCUT2D eigenvalue weighted by Crippen LogP contribution is 2.24. The molecule has 0 fully saturated rings. The molecule has 21 heavy (non-hydrogen) atoms. The molecule has 0 unspecified atom stereocenters. The first-order chi connectivity index (χ1) is 9.83. The first-order valence-electron chi connectivity index (χ1n) is 6.50. The van der Waals surface area contributed by atoms with Crippen molar-refractivity contribution in [2.24, 2.45) is 5.41 Å². The highest BCUT2D eigenvalue weighted by atomic mass is 32.1. The number of anilines is 1. The smallest absolute Gasteiger partial charge is 0.251 e. The molecule has 7 heteroatoms. The Balaban J connectivity index is 2.10.